The first kappa shape index (κ1) is 17.0. The van der Waals surface area contributed by atoms with Gasteiger partial charge in [-0.1, -0.05) is 23.3 Å². The third kappa shape index (κ3) is 4.78. The molecule has 0 unspecified atom stereocenters. The second-order valence-corrected chi connectivity index (χ2v) is 6.51. The number of nitrogens with zero attached hydrogens (tertiary/aromatic N) is 1. The van der Waals surface area contributed by atoms with Crippen molar-refractivity contribution in [2.24, 2.45) is 5.41 Å². The summed E-state index contributed by atoms with van der Waals surface area (Å²) in [6, 6.07) is 0. The van der Waals surface area contributed by atoms with Gasteiger partial charge in [0.2, 0.25) is 5.91 Å². The number of hydrogen-bond donors (Lipinski definition) is 0. The smallest absolute Gasteiger partial charge is 0.230 e. The second-order valence-electron chi connectivity index (χ2n) is 6.51. The molecule has 114 valence electrons. The Kier molecular flexibility index (Phi) is 6.00. The monoisotopic (exact) mass is 279 g/mol. The topological polar surface area (TPSA) is 29.5 Å². The maximum atomic E-state index is 12.0. The van der Waals surface area contributed by atoms with Crippen LogP contribution in [0.3, 0.4) is 0 Å². The Bertz CT molecular complexity index is 405. The molecule has 0 saturated heterocycles. The van der Waals surface area contributed by atoms with Crippen molar-refractivity contribution < 1.29 is 9.53 Å². The van der Waals surface area contributed by atoms with Gasteiger partial charge in [0, 0.05) is 14.1 Å². The summed E-state index contributed by atoms with van der Waals surface area (Å²) in [5, 5.41) is 0. The van der Waals surface area contributed by atoms with Gasteiger partial charge in [-0.05, 0) is 47.0 Å². The van der Waals surface area contributed by atoms with Crippen LogP contribution in [0.5, 0.6) is 0 Å². The van der Waals surface area contributed by atoms with Gasteiger partial charge in [-0.2, -0.15) is 0 Å². The molecule has 2 atom stereocenters. The normalized spacial score (nSPS) is 25.3. The van der Waals surface area contributed by atoms with E-state index in [0.717, 1.165) is 19.3 Å². The molecule has 1 aliphatic rings. The summed E-state index contributed by atoms with van der Waals surface area (Å²) in [5.74, 6) is 0.173. The number of carbonyl (C=O) groups excluding carboxylic acids is 1. The van der Waals surface area contributed by atoms with Gasteiger partial charge in [0.15, 0.2) is 0 Å². The average Bonchev–Trinajstić information content (AvgIpc) is 3.00. The number of amides is 1. The summed E-state index contributed by atoms with van der Waals surface area (Å²) in [4.78, 5) is 13.6. The van der Waals surface area contributed by atoms with E-state index >= 15 is 0 Å². The molecule has 3 heteroatoms. The summed E-state index contributed by atoms with van der Waals surface area (Å²) >= 11 is 0. The molecule has 1 rings (SSSR count). The van der Waals surface area contributed by atoms with Crippen LogP contribution in [0.4, 0.5) is 0 Å². The van der Waals surface area contributed by atoms with E-state index in [1.54, 1.807) is 19.0 Å². The van der Waals surface area contributed by atoms with Crippen molar-refractivity contribution in [3.8, 4) is 0 Å². The Morgan fingerprint density at radius 1 is 1.30 bits per heavy atom. The molecule has 0 N–H and O–H groups in total. The third-order valence-electron chi connectivity index (χ3n) is 3.88. The summed E-state index contributed by atoms with van der Waals surface area (Å²) in [5.41, 5.74) is 2.42. The third-order valence-corrected chi connectivity index (χ3v) is 3.88. The lowest BCUT2D eigenvalue weighted by molar-refractivity contribution is -0.135. The molecule has 0 aromatic carbocycles. The highest BCUT2D eigenvalue weighted by molar-refractivity contribution is 5.85. The predicted molar refractivity (Wildman–Crippen MR) is 83.6 cm³/mol. The molecular weight excluding hydrogens is 250 g/mol. The Labute approximate surface area is 123 Å². The van der Waals surface area contributed by atoms with Crippen molar-refractivity contribution in [1.29, 1.82) is 0 Å². The van der Waals surface area contributed by atoms with Crippen LogP contribution in [-0.4, -0.2) is 37.6 Å². The Balaban J connectivity index is 2.29. The van der Waals surface area contributed by atoms with Gasteiger partial charge in [-0.25, -0.2) is 0 Å². The van der Waals surface area contributed by atoms with E-state index in [1.165, 1.54) is 11.1 Å². The molecule has 0 spiro atoms. The standard InChI is InChI=1S/C17H29NO2/c1-13(2)8-7-9-14(3)10-11-20-15-12-17(15,4)16(19)18(5)6/h8,10,15H,7,9,11-12H2,1-6H3/b14-10+/t15-,17+/m1/s1. The lowest BCUT2D eigenvalue weighted by Crippen LogP contribution is -2.31. The summed E-state index contributed by atoms with van der Waals surface area (Å²) in [7, 11) is 3.60. The van der Waals surface area contributed by atoms with E-state index in [4.69, 9.17) is 4.74 Å². The molecule has 3 nitrogen and oxygen atoms in total. The van der Waals surface area contributed by atoms with Gasteiger partial charge in [-0.3, -0.25) is 4.79 Å². The van der Waals surface area contributed by atoms with Crippen LogP contribution >= 0.6 is 0 Å². The lowest BCUT2D eigenvalue weighted by Gasteiger charge is -2.16. The quantitative estimate of drug-likeness (QED) is 0.667. The van der Waals surface area contributed by atoms with Crippen molar-refractivity contribution in [1.82, 2.24) is 4.90 Å². The van der Waals surface area contributed by atoms with E-state index < -0.39 is 0 Å². The second kappa shape index (κ2) is 7.07. The van der Waals surface area contributed by atoms with Crippen LogP contribution in [0.15, 0.2) is 23.3 Å². The van der Waals surface area contributed by atoms with Crippen molar-refractivity contribution in [3.05, 3.63) is 23.3 Å². The Hall–Kier alpha value is -1.09. The number of ether oxygens (including phenoxy) is 1. The molecule has 1 aliphatic carbocycles. The van der Waals surface area contributed by atoms with Crippen LogP contribution in [0, 0.1) is 5.41 Å². The summed E-state index contributed by atoms with van der Waals surface area (Å²) < 4.78 is 5.80. The first-order chi connectivity index (χ1) is 9.27. The number of carbonyl (C=O) groups is 1. The molecule has 1 amide bonds. The van der Waals surface area contributed by atoms with Crippen LogP contribution in [-0.2, 0) is 9.53 Å². The van der Waals surface area contributed by atoms with E-state index in [0.29, 0.717) is 6.61 Å². The highest BCUT2D eigenvalue weighted by atomic mass is 16.5. The predicted octanol–water partition coefficient (Wildman–Crippen LogP) is 3.56. The Morgan fingerprint density at radius 2 is 1.95 bits per heavy atom. The molecule has 0 radical (unpaired) electrons. The summed E-state index contributed by atoms with van der Waals surface area (Å²) in [6.45, 7) is 8.99. The fourth-order valence-corrected chi connectivity index (χ4v) is 2.30. The minimum atomic E-state index is -0.298. The van der Waals surface area contributed by atoms with E-state index in [1.807, 2.05) is 6.92 Å². The number of hydrogen-bond acceptors (Lipinski definition) is 2. The fourth-order valence-electron chi connectivity index (χ4n) is 2.30. The van der Waals surface area contributed by atoms with Crippen molar-refractivity contribution in [3.63, 3.8) is 0 Å². The molecule has 0 bridgehead atoms. The van der Waals surface area contributed by atoms with Crippen molar-refractivity contribution in [2.75, 3.05) is 20.7 Å². The molecule has 0 aliphatic heterocycles. The number of allylic oxidation sites excluding steroid dienone is 3. The van der Waals surface area contributed by atoms with E-state index in [2.05, 4.69) is 32.9 Å². The minimum Gasteiger partial charge on any atom is -0.373 e. The molecule has 0 aromatic heterocycles. The molecule has 1 saturated carbocycles. The van der Waals surface area contributed by atoms with Crippen LogP contribution in [0.1, 0.15) is 47.0 Å². The first-order valence-electron chi connectivity index (χ1n) is 7.39. The highest BCUT2D eigenvalue weighted by Gasteiger charge is 2.57. The van der Waals surface area contributed by atoms with Gasteiger partial charge < -0.3 is 9.64 Å². The maximum absolute atomic E-state index is 12.0. The van der Waals surface area contributed by atoms with E-state index in [-0.39, 0.29) is 17.4 Å². The SMILES string of the molecule is CC(C)=CCC/C(C)=C/CO[C@@H]1C[C@]1(C)C(=O)N(C)C. The van der Waals surface area contributed by atoms with Gasteiger partial charge in [0.25, 0.3) is 0 Å². The molecule has 0 aromatic rings. The zero-order valence-electron chi connectivity index (χ0n) is 13.8. The molecular formula is C17H29NO2. The lowest BCUT2D eigenvalue weighted by atomic mass is 10.1. The highest BCUT2D eigenvalue weighted by Crippen LogP contribution is 2.49. The van der Waals surface area contributed by atoms with Crippen LogP contribution in [0.25, 0.3) is 0 Å². The largest absolute Gasteiger partial charge is 0.373 e. The summed E-state index contributed by atoms with van der Waals surface area (Å²) in [6.07, 6.45) is 7.48. The van der Waals surface area contributed by atoms with Gasteiger partial charge in [0.1, 0.15) is 0 Å². The minimum absolute atomic E-state index is 0.0826. The maximum Gasteiger partial charge on any atom is 0.230 e. The van der Waals surface area contributed by atoms with Crippen molar-refractivity contribution >= 4 is 5.91 Å². The molecule has 0 heterocycles. The number of rotatable bonds is 7. The van der Waals surface area contributed by atoms with Gasteiger partial charge in [0.05, 0.1) is 18.1 Å². The van der Waals surface area contributed by atoms with E-state index in [9.17, 15) is 4.79 Å². The Morgan fingerprint density at radius 3 is 2.50 bits per heavy atom. The van der Waals surface area contributed by atoms with Gasteiger partial charge in [-0.15, -0.1) is 0 Å². The first-order valence-corrected chi connectivity index (χ1v) is 7.39. The molecule has 1 fully saturated rings. The van der Waals surface area contributed by atoms with Crippen LogP contribution < -0.4 is 0 Å². The molecule has 20 heavy (non-hydrogen) atoms. The average molecular weight is 279 g/mol. The zero-order valence-corrected chi connectivity index (χ0v) is 13.8. The fraction of sp³-hybridized carbons (Fsp3) is 0.706. The van der Waals surface area contributed by atoms with Gasteiger partial charge >= 0.3 is 0 Å². The van der Waals surface area contributed by atoms with Crippen molar-refractivity contribution in [2.45, 2.75) is 53.1 Å². The van der Waals surface area contributed by atoms with Crippen LogP contribution in [0.2, 0.25) is 0 Å². The zero-order chi connectivity index (χ0) is 15.3.